The number of hydrogen-bond acceptors (Lipinski definition) is 7. The first-order chi connectivity index (χ1) is 13.0. The van der Waals surface area contributed by atoms with Crippen molar-refractivity contribution in [3.63, 3.8) is 0 Å². The molecule has 3 rings (SSSR count). The molecule has 2 atom stereocenters. The van der Waals surface area contributed by atoms with Gasteiger partial charge in [-0.05, 0) is 11.1 Å². The number of carbonyl (C=O) groups is 2. The third-order valence-electron chi connectivity index (χ3n) is 3.48. The Morgan fingerprint density at radius 3 is 1.44 bits per heavy atom. The second-order valence-corrected chi connectivity index (χ2v) is 9.01. The molecule has 0 saturated carbocycles. The largest absolute Gasteiger partial charge is 0.480 e. The minimum atomic E-state index is -0.969. The fourth-order valence-electron chi connectivity index (χ4n) is 2.27. The number of nitrogens with zero attached hydrogens (tertiary/aromatic N) is 2. The summed E-state index contributed by atoms with van der Waals surface area (Å²) in [5.41, 5.74) is 1.32. The molecule has 27 heavy (non-hydrogen) atoms. The molecule has 0 bridgehead atoms. The first-order valence-corrected chi connectivity index (χ1v) is 10.3. The van der Waals surface area contributed by atoms with Crippen molar-refractivity contribution in [2.24, 2.45) is 0 Å². The average molecular weight is 419 g/mol. The van der Waals surface area contributed by atoms with E-state index in [0.29, 0.717) is 19.8 Å². The molecule has 6 nitrogen and oxygen atoms in total. The van der Waals surface area contributed by atoms with Gasteiger partial charge in [0, 0.05) is 0 Å². The van der Waals surface area contributed by atoms with Gasteiger partial charge in [0.05, 0.1) is 0 Å². The lowest BCUT2D eigenvalue weighted by Crippen LogP contribution is -2.07. The summed E-state index contributed by atoms with van der Waals surface area (Å²) in [5, 5.41) is 25.5. The van der Waals surface area contributed by atoms with Crippen LogP contribution in [0, 0.1) is 0 Å². The monoisotopic (exact) mass is 418 g/mol. The van der Waals surface area contributed by atoms with Crippen LogP contribution >= 0.6 is 34.9 Å². The van der Waals surface area contributed by atoms with Gasteiger partial charge in [0.1, 0.15) is 10.5 Å². The first kappa shape index (κ1) is 19.4. The average Bonchev–Trinajstić information content (AvgIpc) is 3.12. The fraction of sp³-hybridized carbons (Fsp3) is 0.111. The van der Waals surface area contributed by atoms with E-state index in [1.807, 2.05) is 12.1 Å². The Hall–Kier alpha value is -2.36. The van der Waals surface area contributed by atoms with Crippen molar-refractivity contribution in [2.45, 2.75) is 19.2 Å². The van der Waals surface area contributed by atoms with E-state index in [2.05, 4.69) is 10.2 Å². The van der Waals surface area contributed by atoms with Gasteiger partial charge in [0.2, 0.25) is 0 Å². The molecule has 0 aliphatic rings. The third kappa shape index (κ3) is 5.09. The van der Waals surface area contributed by atoms with E-state index in [1.54, 1.807) is 48.5 Å². The summed E-state index contributed by atoms with van der Waals surface area (Å²) in [6.07, 6.45) is 0. The molecule has 0 saturated heterocycles. The smallest absolute Gasteiger partial charge is 0.321 e. The Kier molecular flexibility index (Phi) is 6.49. The Balaban J connectivity index is 1.76. The van der Waals surface area contributed by atoms with Gasteiger partial charge >= 0.3 is 11.9 Å². The number of carboxylic acid groups (broad SMARTS) is 2. The van der Waals surface area contributed by atoms with Gasteiger partial charge in [-0.15, -0.1) is 10.2 Å². The molecule has 1 aromatic heterocycles. The lowest BCUT2D eigenvalue weighted by Gasteiger charge is -2.10. The van der Waals surface area contributed by atoms with E-state index in [-0.39, 0.29) is 0 Å². The van der Waals surface area contributed by atoms with Crippen molar-refractivity contribution in [3.05, 3.63) is 71.8 Å². The van der Waals surface area contributed by atoms with Crippen LogP contribution in [0.3, 0.4) is 0 Å². The molecule has 0 spiro atoms. The van der Waals surface area contributed by atoms with Crippen LogP contribution in [0.4, 0.5) is 0 Å². The van der Waals surface area contributed by atoms with Gasteiger partial charge in [-0.2, -0.15) is 0 Å². The first-order valence-electron chi connectivity index (χ1n) is 7.77. The quantitative estimate of drug-likeness (QED) is 0.520. The number of rotatable bonds is 8. The van der Waals surface area contributed by atoms with Crippen LogP contribution in [0.25, 0.3) is 0 Å². The Morgan fingerprint density at radius 1 is 0.741 bits per heavy atom. The van der Waals surface area contributed by atoms with Gasteiger partial charge in [-0.1, -0.05) is 95.5 Å². The molecule has 1 heterocycles. The lowest BCUT2D eigenvalue weighted by atomic mass is 10.1. The molecule has 0 aliphatic carbocycles. The number of benzene rings is 2. The van der Waals surface area contributed by atoms with Crippen molar-refractivity contribution in [1.29, 1.82) is 0 Å². The maximum atomic E-state index is 11.6. The highest BCUT2D eigenvalue weighted by atomic mass is 32.2. The summed E-state index contributed by atoms with van der Waals surface area (Å²) < 4.78 is 0.955. The summed E-state index contributed by atoms with van der Waals surface area (Å²) >= 11 is 3.36. The van der Waals surface area contributed by atoms with Crippen molar-refractivity contribution < 1.29 is 19.8 Å². The van der Waals surface area contributed by atoms with Gasteiger partial charge in [-0.25, -0.2) is 0 Å². The zero-order valence-electron chi connectivity index (χ0n) is 13.8. The molecule has 0 radical (unpaired) electrons. The molecule has 0 aliphatic heterocycles. The molecular weight excluding hydrogens is 404 g/mol. The van der Waals surface area contributed by atoms with Crippen LogP contribution in [-0.4, -0.2) is 32.3 Å². The SMILES string of the molecule is O=C(O)C(Sc1nnc(SC(C(=O)O)c2ccccc2)s1)c1ccccc1. The van der Waals surface area contributed by atoms with Gasteiger partial charge in [0.15, 0.2) is 8.68 Å². The van der Waals surface area contributed by atoms with Crippen LogP contribution in [0.15, 0.2) is 69.3 Å². The predicted molar refractivity (Wildman–Crippen MR) is 105 cm³/mol. The van der Waals surface area contributed by atoms with Crippen LogP contribution in [0.1, 0.15) is 21.6 Å². The van der Waals surface area contributed by atoms with Gasteiger partial charge < -0.3 is 10.2 Å². The summed E-state index contributed by atoms with van der Waals surface area (Å²) in [5.74, 6) is -1.94. The summed E-state index contributed by atoms with van der Waals surface area (Å²) in [7, 11) is 0. The van der Waals surface area contributed by atoms with Crippen LogP contribution < -0.4 is 0 Å². The van der Waals surface area contributed by atoms with E-state index >= 15 is 0 Å². The standard InChI is InChI=1S/C18H14N2O4S3/c21-15(22)13(11-7-3-1-4-8-11)25-17-19-20-18(27-17)26-14(16(23)24)12-9-5-2-6-10-12/h1-10,13-14H,(H,21,22)(H,23,24). The fourth-order valence-corrected chi connectivity index (χ4v) is 5.55. The molecule has 2 N–H and O–H groups in total. The third-order valence-corrected chi connectivity index (χ3v) is 7.05. The molecular formula is C18H14N2O4S3. The summed E-state index contributed by atoms with van der Waals surface area (Å²) in [4.78, 5) is 23.2. The summed E-state index contributed by atoms with van der Waals surface area (Å²) in [6.45, 7) is 0. The highest BCUT2D eigenvalue weighted by Gasteiger charge is 2.26. The Bertz CT molecular complexity index is 845. The molecule has 3 aromatic rings. The number of aromatic nitrogens is 2. The molecule has 0 amide bonds. The molecule has 2 aromatic carbocycles. The topological polar surface area (TPSA) is 100 Å². The number of aliphatic carboxylic acids is 2. The Labute approximate surface area is 167 Å². The second-order valence-electron chi connectivity index (χ2n) is 5.33. The van der Waals surface area contributed by atoms with Crippen molar-refractivity contribution >= 4 is 46.8 Å². The molecule has 9 heteroatoms. The van der Waals surface area contributed by atoms with Crippen LogP contribution in [0.2, 0.25) is 0 Å². The second kappa shape index (κ2) is 9.03. The van der Waals surface area contributed by atoms with Crippen LogP contribution in [-0.2, 0) is 9.59 Å². The van der Waals surface area contributed by atoms with E-state index in [0.717, 1.165) is 23.5 Å². The Morgan fingerprint density at radius 2 is 1.11 bits per heavy atom. The zero-order valence-corrected chi connectivity index (χ0v) is 16.2. The van der Waals surface area contributed by atoms with E-state index in [1.165, 1.54) is 11.3 Å². The lowest BCUT2D eigenvalue weighted by molar-refractivity contribution is -0.137. The molecule has 138 valence electrons. The van der Waals surface area contributed by atoms with Gasteiger partial charge in [-0.3, -0.25) is 9.59 Å². The highest BCUT2D eigenvalue weighted by Crippen LogP contribution is 2.42. The minimum Gasteiger partial charge on any atom is -0.480 e. The number of thioether (sulfide) groups is 2. The van der Waals surface area contributed by atoms with E-state index in [4.69, 9.17) is 0 Å². The summed E-state index contributed by atoms with van der Waals surface area (Å²) in [6, 6.07) is 17.8. The number of hydrogen-bond donors (Lipinski definition) is 2. The van der Waals surface area contributed by atoms with E-state index < -0.39 is 22.4 Å². The van der Waals surface area contributed by atoms with Crippen molar-refractivity contribution in [3.8, 4) is 0 Å². The molecule has 0 fully saturated rings. The molecule has 2 unspecified atom stereocenters. The maximum absolute atomic E-state index is 11.6. The van der Waals surface area contributed by atoms with Gasteiger partial charge in [0.25, 0.3) is 0 Å². The maximum Gasteiger partial charge on any atom is 0.321 e. The zero-order chi connectivity index (χ0) is 19.2. The van der Waals surface area contributed by atoms with Crippen LogP contribution in [0.5, 0.6) is 0 Å². The van der Waals surface area contributed by atoms with E-state index in [9.17, 15) is 19.8 Å². The van der Waals surface area contributed by atoms with Crippen molar-refractivity contribution in [1.82, 2.24) is 10.2 Å². The highest BCUT2D eigenvalue weighted by molar-refractivity contribution is 8.04. The predicted octanol–water partition coefficient (Wildman–Crippen LogP) is 4.37. The number of carboxylic acids is 2. The minimum absolute atomic E-state index is 0.478. The van der Waals surface area contributed by atoms with Crippen molar-refractivity contribution in [2.75, 3.05) is 0 Å². The normalized spacial score (nSPS) is 13.0.